The third-order valence-corrected chi connectivity index (χ3v) is 10.4. The Hall–Kier alpha value is -0.560. The lowest BCUT2D eigenvalue weighted by Gasteiger charge is -2.58. The van der Waals surface area contributed by atoms with Crippen molar-refractivity contribution < 1.29 is 5.11 Å². The number of aliphatic hydroxyl groups is 1. The third kappa shape index (κ3) is 3.48. The summed E-state index contributed by atoms with van der Waals surface area (Å²) in [5, 5.41) is 10.5. The van der Waals surface area contributed by atoms with Gasteiger partial charge in [-0.25, -0.2) is 0 Å². The minimum absolute atomic E-state index is 0.0614. The van der Waals surface area contributed by atoms with E-state index in [1.54, 1.807) is 0 Å². The van der Waals surface area contributed by atoms with E-state index >= 15 is 0 Å². The summed E-state index contributed by atoms with van der Waals surface area (Å²) in [6.07, 6.45) is 15.5. The zero-order valence-electron chi connectivity index (χ0n) is 20.1. The van der Waals surface area contributed by atoms with Crippen molar-refractivity contribution in [2.45, 2.75) is 112 Å². The zero-order chi connectivity index (χ0) is 21.0. The van der Waals surface area contributed by atoms with Gasteiger partial charge in [-0.1, -0.05) is 50.5 Å². The number of aliphatic hydroxyl groups excluding tert-OH is 1. The predicted octanol–water partition coefficient (Wildman–Crippen LogP) is 7.70. The van der Waals surface area contributed by atoms with E-state index in [0.29, 0.717) is 16.7 Å². The highest BCUT2D eigenvalue weighted by Crippen LogP contribution is 2.66. The molecule has 8 atom stereocenters. The minimum Gasteiger partial charge on any atom is -0.393 e. The summed E-state index contributed by atoms with van der Waals surface area (Å²) in [4.78, 5) is 0. The van der Waals surface area contributed by atoms with E-state index in [4.69, 9.17) is 0 Å². The van der Waals surface area contributed by atoms with Gasteiger partial charge in [-0.15, -0.1) is 0 Å². The second-order valence-electron chi connectivity index (χ2n) is 12.1. The van der Waals surface area contributed by atoms with Crippen LogP contribution in [0.2, 0.25) is 0 Å². The molecule has 4 aliphatic rings. The van der Waals surface area contributed by atoms with Crippen LogP contribution in [0.15, 0.2) is 22.8 Å². The zero-order valence-corrected chi connectivity index (χ0v) is 20.1. The average Bonchev–Trinajstić information content (AvgIpc) is 3.02. The van der Waals surface area contributed by atoms with E-state index in [2.05, 4.69) is 47.6 Å². The molecule has 0 amide bonds. The van der Waals surface area contributed by atoms with Gasteiger partial charge in [0, 0.05) is 0 Å². The Bertz CT molecular complexity index is 682. The first-order valence-electron chi connectivity index (χ1n) is 12.7. The number of rotatable bonds is 4. The Morgan fingerprint density at radius 1 is 1.10 bits per heavy atom. The molecule has 0 radical (unpaired) electrons. The predicted molar refractivity (Wildman–Crippen MR) is 124 cm³/mol. The standard InChI is InChI=1S/C28H46O/c1-18(2)8-7-9-19(3)22-12-13-24-21-10-11-23-20(4)26(29)15-17-28(23,6)25(21)14-16-27(22,24)5/h8,19-20,22-23,25-26,29H,7,9-17H2,1-6H3/t19-,20+,22-,23?,25+,26+,27-,28+/m1/s1. The molecule has 0 aromatic heterocycles. The summed E-state index contributed by atoms with van der Waals surface area (Å²) in [6, 6.07) is 0. The van der Waals surface area contributed by atoms with Crippen molar-refractivity contribution in [1.29, 1.82) is 0 Å². The van der Waals surface area contributed by atoms with Crippen LogP contribution < -0.4 is 0 Å². The summed E-state index contributed by atoms with van der Waals surface area (Å²) in [5.41, 5.74) is 6.19. The Morgan fingerprint density at radius 2 is 1.86 bits per heavy atom. The topological polar surface area (TPSA) is 20.2 Å². The summed E-state index contributed by atoms with van der Waals surface area (Å²) in [7, 11) is 0. The molecule has 1 unspecified atom stereocenters. The van der Waals surface area contributed by atoms with Crippen molar-refractivity contribution in [2.24, 2.45) is 40.4 Å². The maximum atomic E-state index is 10.5. The molecule has 3 fully saturated rings. The fourth-order valence-corrected chi connectivity index (χ4v) is 8.73. The Labute approximate surface area is 180 Å². The third-order valence-electron chi connectivity index (χ3n) is 10.4. The van der Waals surface area contributed by atoms with Gasteiger partial charge in [0.05, 0.1) is 6.10 Å². The maximum absolute atomic E-state index is 10.5. The molecule has 0 saturated heterocycles. The van der Waals surface area contributed by atoms with E-state index in [0.717, 1.165) is 30.1 Å². The monoisotopic (exact) mass is 398 g/mol. The highest BCUT2D eigenvalue weighted by Gasteiger charge is 2.56. The van der Waals surface area contributed by atoms with E-state index in [-0.39, 0.29) is 6.10 Å². The van der Waals surface area contributed by atoms with Gasteiger partial charge in [-0.3, -0.25) is 0 Å². The van der Waals surface area contributed by atoms with E-state index in [1.807, 2.05) is 11.1 Å². The van der Waals surface area contributed by atoms with Crippen LogP contribution in [-0.4, -0.2) is 11.2 Å². The lowest BCUT2D eigenvalue weighted by molar-refractivity contribution is -0.0779. The van der Waals surface area contributed by atoms with Crippen LogP contribution in [0.25, 0.3) is 0 Å². The fourth-order valence-electron chi connectivity index (χ4n) is 8.73. The molecule has 0 heterocycles. The van der Waals surface area contributed by atoms with Gasteiger partial charge in [0.15, 0.2) is 0 Å². The molecular weight excluding hydrogens is 352 g/mol. The fraction of sp³-hybridized carbons (Fsp3) is 0.857. The first-order valence-corrected chi connectivity index (χ1v) is 12.7. The van der Waals surface area contributed by atoms with Gasteiger partial charge < -0.3 is 5.11 Å². The largest absolute Gasteiger partial charge is 0.393 e. The van der Waals surface area contributed by atoms with Crippen LogP contribution in [0.5, 0.6) is 0 Å². The summed E-state index contributed by atoms with van der Waals surface area (Å²) >= 11 is 0. The highest BCUT2D eigenvalue weighted by atomic mass is 16.3. The van der Waals surface area contributed by atoms with E-state index in [1.165, 1.54) is 63.4 Å². The van der Waals surface area contributed by atoms with Crippen molar-refractivity contribution in [3.63, 3.8) is 0 Å². The van der Waals surface area contributed by atoms with Crippen LogP contribution in [0, 0.1) is 40.4 Å². The first-order chi connectivity index (χ1) is 13.7. The Morgan fingerprint density at radius 3 is 2.59 bits per heavy atom. The molecule has 3 saturated carbocycles. The molecule has 1 N–H and O–H groups in total. The number of allylic oxidation sites excluding steroid dienone is 4. The van der Waals surface area contributed by atoms with Crippen molar-refractivity contribution >= 4 is 0 Å². The molecule has 0 aromatic rings. The van der Waals surface area contributed by atoms with Crippen LogP contribution in [-0.2, 0) is 0 Å². The van der Waals surface area contributed by atoms with Crippen LogP contribution >= 0.6 is 0 Å². The highest BCUT2D eigenvalue weighted by molar-refractivity contribution is 5.35. The smallest absolute Gasteiger partial charge is 0.0568 e. The molecule has 0 spiro atoms. The average molecular weight is 399 g/mol. The molecule has 0 bridgehead atoms. The minimum atomic E-state index is -0.0614. The molecule has 164 valence electrons. The SMILES string of the molecule is CC(C)=CCC[C@@H](C)[C@H]1CCC2=C3CCC4[C@H](C)[C@@H](O)CC[C@]4(C)[C@H]3CC[C@@]21C. The summed E-state index contributed by atoms with van der Waals surface area (Å²) in [6.45, 7) is 14.6. The van der Waals surface area contributed by atoms with Crippen LogP contribution in [0.3, 0.4) is 0 Å². The normalized spacial score (nSPS) is 45.3. The van der Waals surface area contributed by atoms with Crippen LogP contribution in [0.1, 0.15) is 106 Å². The quantitative estimate of drug-likeness (QED) is 0.481. The second kappa shape index (κ2) is 7.85. The molecular formula is C28H46O. The van der Waals surface area contributed by atoms with Crippen molar-refractivity contribution in [3.8, 4) is 0 Å². The van der Waals surface area contributed by atoms with Crippen molar-refractivity contribution in [1.82, 2.24) is 0 Å². The molecule has 4 aliphatic carbocycles. The second-order valence-corrected chi connectivity index (χ2v) is 12.1. The number of hydrogen-bond acceptors (Lipinski definition) is 1. The van der Waals surface area contributed by atoms with Gasteiger partial charge in [0.1, 0.15) is 0 Å². The molecule has 29 heavy (non-hydrogen) atoms. The van der Waals surface area contributed by atoms with Crippen molar-refractivity contribution in [3.05, 3.63) is 22.8 Å². The lowest BCUT2D eigenvalue weighted by atomic mass is 9.47. The molecule has 1 nitrogen and oxygen atoms in total. The summed E-state index contributed by atoms with van der Waals surface area (Å²) < 4.78 is 0. The van der Waals surface area contributed by atoms with Gasteiger partial charge >= 0.3 is 0 Å². The van der Waals surface area contributed by atoms with Gasteiger partial charge in [-0.05, 0) is 118 Å². The lowest BCUT2D eigenvalue weighted by Crippen LogP contribution is -2.51. The Balaban J connectivity index is 1.57. The van der Waals surface area contributed by atoms with Crippen LogP contribution in [0.4, 0.5) is 0 Å². The van der Waals surface area contributed by atoms with E-state index in [9.17, 15) is 5.11 Å². The van der Waals surface area contributed by atoms with E-state index < -0.39 is 0 Å². The number of hydrogen-bond donors (Lipinski definition) is 1. The van der Waals surface area contributed by atoms with Gasteiger partial charge in [-0.2, -0.15) is 0 Å². The van der Waals surface area contributed by atoms with Crippen molar-refractivity contribution in [2.75, 3.05) is 0 Å². The number of fused-ring (bicyclic) bond motifs is 4. The molecule has 4 rings (SSSR count). The molecule has 0 aliphatic heterocycles. The van der Waals surface area contributed by atoms with Gasteiger partial charge in [0.25, 0.3) is 0 Å². The van der Waals surface area contributed by atoms with Gasteiger partial charge in [0.2, 0.25) is 0 Å². The summed E-state index contributed by atoms with van der Waals surface area (Å²) in [5.74, 6) is 3.74. The molecule has 0 aromatic carbocycles. The Kier molecular flexibility index (Phi) is 5.86. The first kappa shape index (κ1) is 21.7. The molecule has 1 heteroatoms. The maximum Gasteiger partial charge on any atom is 0.0568 e.